The van der Waals surface area contributed by atoms with Crippen LogP contribution in [0.1, 0.15) is 12.5 Å². The number of ether oxygens (including phenoxy) is 2. The first-order chi connectivity index (χ1) is 15.7. The second-order valence-corrected chi connectivity index (χ2v) is 7.67. The molecule has 1 unspecified atom stereocenters. The Kier molecular flexibility index (Phi) is 10.3. The molecule has 188 valence electrons. The second-order valence-electron chi connectivity index (χ2n) is 7.67. The van der Waals surface area contributed by atoms with Crippen molar-refractivity contribution in [3.63, 3.8) is 0 Å². The lowest BCUT2D eigenvalue weighted by Gasteiger charge is -2.37. The van der Waals surface area contributed by atoms with Gasteiger partial charge in [-0.25, -0.2) is 4.79 Å². The van der Waals surface area contributed by atoms with Crippen molar-refractivity contribution < 1.29 is 32.5 Å². The minimum Gasteiger partial charge on any atom is -0.494 e. The molecule has 0 aromatic heterocycles. The van der Waals surface area contributed by atoms with Crippen molar-refractivity contribution in [3.8, 4) is 5.75 Å². The number of nitrogens with zero attached hydrogens (tertiary/aromatic N) is 2. The number of anilines is 2. The Bertz CT molecular complexity index is 924. The summed E-state index contributed by atoms with van der Waals surface area (Å²) in [5.41, 5.74) is 0.377. The molecule has 1 amide bonds. The average molecular weight is 504 g/mol. The zero-order valence-electron chi connectivity index (χ0n) is 18.8. The van der Waals surface area contributed by atoms with Crippen LogP contribution in [-0.4, -0.2) is 68.1 Å². The van der Waals surface area contributed by atoms with Gasteiger partial charge >= 0.3 is 12.3 Å². The van der Waals surface area contributed by atoms with E-state index in [0.29, 0.717) is 56.5 Å². The van der Waals surface area contributed by atoms with E-state index in [1.807, 2.05) is 16.7 Å². The van der Waals surface area contributed by atoms with Crippen LogP contribution in [0.25, 0.3) is 0 Å². The van der Waals surface area contributed by atoms with E-state index in [0.717, 1.165) is 12.1 Å². The Balaban J connectivity index is 0.00000408. The number of alkyl halides is 3. The van der Waals surface area contributed by atoms with Gasteiger partial charge in [0.2, 0.25) is 0 Å². The van der Waals surface area contributed by atoms with E-state index in [4.69, 9.17) is 9.47 Å². The van der Waals surface area contributed by atoms with E-state index in [2.05, 4.69) is 5.32 Å². The Morgan fingerprint density at radius 2 is 1.82 bits per heavy atom. The molecule has 0 saturated carbocycles. The summed E-state index contributed by atoms with van der Waals surface area (Å²) in [6.07, 6.45) is -5.94. The Labute approximate surface area is 202 Å². The number of halogens is 4. The molecular formula is C23H29ClF3N3O4. The lowest BCUT2D eigenvalue weighted by Crippen LogP contribution is -2.49. The summed E-state index contributed by atoms with van der Waals surface area (Å²) in [7, 11) is 0. The fourth-order valence-electron chi connectivity index (χ4n) is 3.57. The Morgan fingerprint density at radius 3 is 2.50 bits per heavy atom. The third kappa shape index (κ3) is 8.27. The summed E-state index contributed by atoms with van der Waals surface area (Å²) >= 11 is 0. The van der Waals surface area contributed by atoms with Crippen LogP contribution in [0.2, 0.25) is 0 Å². The minimum atomic E-state index is -4.37. The van der Waals surface area contributed by atoms with E-state index < -0.39 is 23.9 Å². The number of aliphatic hydroxyl groups excluding tert-OH is 1. The quantitative estimate of drug-likeness (QED) is 0.561. The van der Waals surface area contributed by atoms with Crippen LogP contribution >= 0.6 is 12.4 Å². The van der Waals surface area contributed by atoms with Crippen LogP contribution in [0.5, 0.6) is 5.75 Å². The van der Waals surface area contributed by atoms with Crippen molar-refractivity contribution in [3.05, 3.63) is 54.1 Å². The zero-order valence-corrected chi connectivity index (χ0v) is 19.6. The molecule has 1 aliphatic heterocycles. The minimum absolute atomic E-state index is 0. The molecule has 2 aromatic rings. The molecule has 1 heterocycles. The number of benzene rings is 2. The summed E-state index contributed by atoms with van der Waals surface area (Å²) in [5.74, 6) is 0.625. The highest BCUT2D eigenvalue weighted by Gasteiger charge is 2.31. The Hall–Kier alpha value is -2.69. The Morgan fingerprint density at radius 1 is 1.12 bits per heavy atom. The maximum atomic E-state index is 12.9. The standard InChI is InChI=1S/C23H28F3N3O4.ClH/c1-2-32-21-8-4-6-18(14-21)27-22(31)33-16-20(30)15-28-9-11-29(12-10-28)19-7-3-5-17(13-19)23(24,25)26;/h3-8,13-14,20,30H,2,9-12,15-16H2,1H3,(H,27,31);1H. The number of hydrogen-bond acceptors (Lipinski definition) is 6. The van der Waals surface area contributed by atoms with Gasteiger partial charge in [-0.15, -0.1) is 12.4 Å². The second kappa shape index (κ2) is 12.7. The van der Waals surface area contributed by atoms with Gasteiger partial charge in [0.05, 0.1) is 12.2 Å². The summed E-state index contributed by atoms with van der Waals surface area (Å²) in [4.78, 5) is 15.9. The summed E-state index contributed by atoms with van der Waals surface area (Å²) in [6.45, 7) is 4.70. The molecule has 11 heteroatoms. The third-order valence-electron chi connectivity index (χ3n) is 5.18. The van der Waals surface area contributed by atoms with E-state index >= 15 is 0 Å². The van der Waals surface area contributed by atoms with Crippen LogP contribution in [0.15, 0.2) is 48.5 Å². The smallest absolute Gasteiger partial charge is 0.416 e. The van der Waals surface area contributed by atoms with Gasteiger partial charge in [0.1, 0.15) is 18.5 Å². The summed E-state index contributed by atoms with van der Waals surface area (Å²) < 4.78 is 49.3. The number of amides is 1. The normalized spacial score (nSPS) is 15.3. The average Bonchev–Trinajstić information content (AvgIpc) is 2.78. The maximum Gasteiger partial charge on any atom is 0.416 e. The van der Waals surface area contributed by atoms with Crippen molar-refractivity contribution in [2.45, 2.75) is 19.2 Å². The van der Waals surface area contributed by atoms with Crippen LogP contribution in [0.3, 0.4) is 0 Å². The van der Waals surface area contributed by atoms with Crippen molar-refractivity contribution in [2.24, 2.45) is 0 Å². The van der Waals surface area contributed by atoms with Gasteiger partial charge in [-0.05, 0) is 37.3 Å². The van der Waals surface area contributed by atoms with E-state index in [1.165, 1.54) is 6.07 Å². The molecule has 0 aliphatic carbocycles. The first-order valence-corrected chi connectivity index (χ1v) is 10.7. The van der Waals surface area contributed by atoms with Gasteiger partial charge in [-0.1, -0.05) is 12.1 Å². The number of hydrogen-bond donors (Lipinski definition) is 2. The number of carbonyl (C=O) groups is 1. The summed E-state index contributed by atoms with van der Waals surface area (Å²) in [6, 6.07) is 12.2. The number of β-amino-alcohol motifs (C(OH)–C–C–N with tert-alkyl or cyclic N) is 1. The molecule has 0 bridgehead atoms. The first kappa shape index (κ1) is 27.6. The van der Waals surface area contributed by atoms with Crippen molar-refractivity contribution in [2.75, 3.05) is 56.2 Å². The van der Waals surface area contributed by atoms with Crippen LogP contribution in [0.4, 0.5) is 29.3 Å². The molecule has 0 radical (unpaired) electrons. The third-order valence-corrected chi connectivity index (χ3v) is 5.18. The van der Waals surface area contributed by atoms with Crippen LogP contribution in [-0.2, 0) is 10.9 Å². The maximum absolute atomic E-state index is 12.9. The van der Waals surface area contributed by atoms with E-state index in [9.17, 15) is 23.1 Å². The number of carbonyl (C=O) groups excluding carboxylic acids is 1. The molecule has 2 aromatic carbocycles. The van der Waals surface area contributed by atoms with E-state index in [1.54, 1.807) is 30.3 Å². The summed E-state index contributed by atoms with van der Waals surface area (Å²) in [5, 5.41) is 12.8. The van der Waals surface area contributed by atoms with Crippen molar-refractivity contribution in [1.82, 2.24) is 4.90 Å². The molecule has 3 rings (SSSR count). The van der Waals surface area contributed by atoms with Gasteiger partial charge in [0.25, 0.3) is 0 Å². The van der Waals surface area contributed by atoms with Gasteiger partial charge in [0.15, 0.2) is 0 Å². The highest BCUT2D eigenvalue weighted by Crippen LogP contribution is 2.31. The fraction of sp³-hybridized carbons (Fsp3) is 0.435. The van der Waals surface area contributed by atoms with E-state index in [-0.39, 0.29) is 19.0 Å². The van der Waals surface area contributed by atoms with Crippen molar-refractivity contribution >= 4 is 29.9 Å². The SMILES string of the molecule is CCOc1cccc(NC(=O)OCC(O)CN2CCN(c3cccc(C(F)(F)F)c3)CC2)c1.Cl. The molecular weight excluding hydrogens is 475 g/mol. The molecule has 2 N–H and O–H groups in total. The number of nitrogens with one attached hydrogen (secondary N) is 1. The van der Waals surface area contributed by atoms with Gasteiger partial charge < -0.3 is 19.5 Å². The monoisotopic (exact) mass is 503 g/mol. The topological polar surface area (TPSA) is 74.3 Å². The van der Waals surface area contributed by atoms with Crippen LogP contribution < -0.4 is 15.0 Å². The molecule has 1 saturated heterocycles. The van der Waals surface area contributed by atoms with Gasteiger partial charge in [0, 0.05) is 50.2 Å². The first-order valence-electron chi connectivity index (χ1n) is 10.7. The predicted molar refractivity (Wildman–Crippen MR) is 126 cm³/mol. The largest absolute Gasteiger partial charge is 0.494 e. The molecule has 0 spiro atoms. The number of piperazine rings is 1. The molecule has 1 aliphatic rings. The fourth-order valence-corrected chi connectivity index (χ4v) is 3.57. The van der Waals surface area contributed by atoms with Gasteiger partial charge in [-0.2, -0.15) is 13.2 Å². The highest BCUT2D eigenvalue weighted by molar-refractivity contribution is 5.85. The molecule has 34 heavy (non-hydrogen) atoms. The molecule has 1 atom stereocenters. The van der Waals surface area contributed by atoms with Crippen LogP contribution in [0, 0.1) is 0 Å². The highest BCUT2D eigenvalue weighted by atomic mass is 35.5. The number of aliphatic hydroxyl groups is 1. The lowest BCUT2D eigenvalue weighted by molar-refractivity contribution is -0.137. The molecule has 7 nitrogen and oxygen atoms in total. The van der Waals surface area contributed by atoms with Gasteiger partial charge in [-0.3, -0.25) is 10.2 Å². The predicted octanol–water partition coefficient (Wildman–Crippen LogP) is 4.26. The zero-order chi connectivity index (χ0) is 23.8. The lowest BCUT2D eigenvalue weighted by atomic mass is 10.1. The van der Waals surface area contributed by atoms with Crippen molar-refractivity contribution in [1.29, 1.82) is 0 Å². The molecule has 1 fully saturated rings. The number of rotatable bonds is 8.